The molecular weight excluding hydrogens is 509 g/mol. The van der Waals surface area contributed by atoms with Crippen molar-refractivity contribution in [1.29, 1.82) is 0 Å². The van der Waals surface area contributed by atoms with E-state index in [2.05, 4.69) is 41.8 Å². The second kappa shape index (κ2) is 12.7. The molecule has 2 aromatic carbocycles. The molecule has 3 fully saturated rings. The Kier molecular flexibility index (Phi) is 9.31. The number of hydrogen-bond acceptors (Lipinski definition) is 3. The van der Waals surface area contributed by atoms with Gasteiger partial charge < -0.3 is 9.80 Å². The highest BCUT2D eigenvalue weighted by atomic mass is 35.5. The summed E-state index contributed by atoms with van der Waals surface area (Å²) in [6.07, 6.45) is 10.0. The molecule has 6 heteroatoms. The lowest BCUT2D eigenvalue weighted by atomic mass is 9.69. The molecule has 0 radical (unpaired) electrons. The molecule has 1 unspecified atom stereocenters. The normalized spacial score (nSPS) is 23.7. The average molecular weight is 554 g/mol. The van der Waals surface area contributed by atoms with E-state index in [1.807, 2.05) is 4.90 Å². The maximum absolute atomic E-state index is 14.5. The van der Waals surface area contributed by atoms with Gasteiger partial charge in [-0.15, -0.1) is 0 Å². The number of hydrogen-bond donors (Lipinski definition) is 0. The molecule has 0 spiro atoms. The van der Waals surface area contributed by atoms with Crippen LogP contribution in [0.3, 0.4) is 0 Å². The molecular formula is C33H45ClFN3O. The van der Waals surface area contributed by atoms with Crippen molar-refractivity contribution in [2.45, 2.75) is 83.1 Å². The number of carbonyl (C=O) groups excluding carboxylic acids is 1. The van der Waals surface area contributed by atoms with E-state index < -0.39 is 5.82 Å². The summed E-state index contributed by atoms with van der Waals surface area (Å²) in [5.74, 6) is -0.432. The lowest BCUT2D eigenvalue weighted by Gasteiger charge is -2.46. The van der Waals surface area contributed by atoms with Crippen molar-refractivity contribution in [3.63, 3.8) is 0 Å². The van der Waals surface area contributed by atoms with Crippen molar-refractivity contribution in [1.82, 2.24) is 14.7 Å². The van der Waals surface area contributed by atoms with Crippen LogP contribution in [0.2, 0.25) is 5.02 Å². The first kappa shape index (κ1) is 28.6. The molecule has 2 aromatic rings. The summed E-state index contributed by atoms with van der Waals surface area (Å²) in [7, 11) is 0. The Labute approximate surface area is 239 Å². The molecule has 1 aliphatic carbocycles. The number of benzene rings is 2. The Morgan fingerprint density at radius 3 is 2.51 bits per heavy atom. The van der Waals surface area contributed by atoms with E-state index in [0.29, 0.717) is 17.1 Å². The molecule has 1 atom stereocenters. The smallest absolute Gasteiger partial charge is 0.227 e. The van der Waals surface area contributed by atoms with E-state index in [-0.39, 0.29) is 17.7 Å². The minimum Gasteiger partial charge on any atom is -0.342 e. The van der Waals surface area contributed by atoms with E-state index in [4.69, 9.17) is 11.6 Å². The minimum absolute atomic E-state index is 0.0114. The van der Waals surface area contributed by atoms with Gasteiger partial charge in [0.2, 0.25) is 5.91 Å². The Morgan fingerprint density at radius 2 is 1.77 bits per heavy atom. The SMILES string of the molecule is Cc1ccc(C)c(C2(CCN3CCN(C4CCCCC4)CC3)CCCN(C(=O)Cc3c(F)cccc3Cl)C2)c1. The van der Waals surface area contributed by atoms with Crippen LogP contribution >= 0.6 is 11.6 Å². The minimum atomic E-state index is -0.402. The molecule has 0 bridgehead atoms. The van der Waals surface area contributed by atoms with Crippen LogP contribution < -0.4 is 0 Å². The Balaban J connectivity index is 1.30. The number of aryl methyl sites for hydroxylation is 2. The van der Waals surface area contributed by atoms with Gasteiger partial charge in [0.15, 0.2) is 0 Å². The van der Waals surface area contributed by atoms with Crippen molar-refractivity contribution in [2.75, 3.05) is 45.8 Å². The second-order valence-corrected chi connectivity index (χ2v) is 12.7. The molecule has 1 amide bonds. The quantitative estimate of drug-likeness (QED) is 0.389. The first-order valence-corrected chi connectivity index (χ1v) is 15.5. The fourth-order valence-electron chi connectivity index (χ4n) is 7.35. The molecule has 5 rings (SSSR count). The van der Waals surface area contributed by atoms with Gasteiger partial charge in [-0.2, -0.15) is 0 Å². The topological polar surface area (TPSA) is 26.8 Å². The Hall–Kier alpha value is -1.95. The monoisotopic (exact) mass is 553 g/mol. The van der Waals surface area contributed by atoms with Crippen LogP contribution in [0.1, 0.15) is 73.6 Å². The van der Waals surface area contributed by atoms with Crippen LogP contribution in [-0.2, 0) is 16.6 Å². The van der Waals surface area contributed by atoms with Gasteiger partial charge in [0.25, 0.3) is 0 Å². The highest BCUT2D eigenvalue weighted by molar-refractivity contribution is 6.31. The van der Waals surface area contributed by atoms with Crippen molar-refractivity contribution >= 4 is 17.5 Å². The first-order valence-electron chi connectivity index (χ1n) is 15.1. The second-order valence-electron chi connectivity index (χ2n) is 12.3. The van der Waals surface area contributed by atoms with E-state index in [1.54, 1.807) is 12.1 Å². The van der Waals surface area contributed by atoms with E-state index in [9.17, 15) is 9.18 Å². The van der Waals surface area contributed by atoms with Crippen molar-refractivity contribution in [3.05, 3.63) is 69.5 Å². The van der Waals surface area contributed by atoms with Crippen molar-refractivity contribution < 1.29 is 9.18 Å². The van der Waals surface area contributed by atoms with Gasteiger partial charge in [0, 0.05) is 61.3 Å². The molecule has 4 nitrogen and oxygen atoms in total. The third-order valence-electron chi connectivity index (χ3n) is 9.69. The zero-order valence-electron chi connectivity index (χ0n) is 23.9. The molecule has 2 aliphatic heterocycles. The molecule has 2 heterocycles. The van der Waals surface area contributed by atoms with E-state index in [1.165, 1.54) is 68.0 Å². The summed E-state index contributed by atoms with van der Waals surface area (Å²) in [5.41, 5.74) is 4.16. The lowest BCUT2D eigenvalue weighted by molar-refractivity contribution is -0.133. The Bertz CT molecular complexity index is 1120. The number of likely N-dealkylation sites (tertiary alicyclic amines) is 1. The van der Waals surface area contributed by atoms with Gasteiger partial charge in [-0.1, -0.05) is 60.7 Å². The summed E-state index contributed by atoms with van der Waals surface area (Å²) in [6.45, 7) is 11.4. The third kappa shape index (κ3) is 6.69. The number of rotatable bonds is 7. The van der Waals surface area contributed by atoms with Crippen molar-refractivity contribution in [2.24, 2.45) is 0 Å². The lowest BCUT2D eigenvalue weighted by Crippen LogP contribution is -2.53. The van der Waals surface area contributed by atoms with Gasteiger partial charge >= 0.3 is 0 Å². The maximum Gasteiger partial charge on any atom is 0.227 e. The average Bonchev–Trinajstić information content (AvgIpc) is 2.96. The maximum atomic E-state index is 14.5. The van der Waals surface area contributed by atoms with Crippen LogP contribution in [0.15, 0.2) is 36.4 Å². The number of piperazine rings is 1. The van der Waals surface area contributed by atoms with Gasteiger partial charge in [-0.05, 0) is 75.8 Å². The van der Waals surface area contributed by atoms with Gasteiger partial charge in [0.05, 0.1) is 6.42 Å². The first-order chi connectivity index (χ1) is 18.8. The molecule has 212 valence electrons. The zero-order valence-corrected chi connectivity index (χ0v) is 24.6. The summed E-state index contributed by atoms with van der Waals surface area (Å²) < 4.78 is 14.5. The summed E-state index contributed by atoms with van der Waals surface area (Å²) >= 11 is 6.28. The van der Waals surface area contributed by atoms with Crippen molar-refractivity contribution in [3.8, 4) is 0 Å². The van der Waals surface area contributed by atoms with Gasteiger partial charge in [0.1, 0.15) is 5.82 Å². The number of carbonyl (C=O) groups is 1. The molecule has 0 aromatic heterocycles. The van der Waals surface area contributed by atoms with Crippen LogP contribution in [0.4, 0.5) is 4.39 Å². The van der Waals surface area contributed by atoms with Crippen LogP contribution in [0, 0.1) is 19.7 Å². The predicted octanol–water partition coefficient (Wildman–Crippen LogP) is 6.54. The standard InChI is InChI=1S/C33H45ClFN3O/c1-25-12-13-26(2)29(22-25)33(15-17-36-18-20-37(21-19-36)27-8-4-3-5-9-27)14-7-16-38(24-33)32(39)23-28-30(34)10-6-11-31(28)35/h6,10-13,22,27H,3-5,7-9,14-21,23-24H2,1-2H3. The fourth-order valence-corrected chi connectivity index (χ4v) is 7.57. The Morgan fingerprint density at radius 1 is 1.00 bits per heavy atom. The number of nitrogens with zero attached hydrogens (tertiary/aromatic N) is 3. The van der Waals surface area contributed by atoms with Crippen LogP contribution in [0.25, 0.3) is 0 Å². The molecule has 3 aliphatic rings. The fraction of sp³-hybridized carbons (Fsp3) is 0.606. The molecule has 39 heavy (non-hydrogen) atoms. The molecule has 0 N–H and O–H groups in total. The predicted molar refractivity (Wildman–Crippen MR) is 158 cm³/mol. The molecule has 1 saturated carbocycles. The van der Waals surface area contributed by atoms with Gasteiger partial charge in [-0.25, -0.2) is 4.39 Å². The largest absolute Gasteiger partial charge is 0.342 e. The number of amides is 1. The van der Waals surface area contributed by atoms with Gasteiger partial charge in [-0.3, -0.25) is 9.69 Å². The summed E-state index contributed by atoms with van der Waals surface area (Å²) in [4.78, 5) is 20.9. The third-order valence-corrected chi connectivity index (χ3v) is 10.0. The zero-order chi connectivity index (χ0) is 27.4. The molecule has 2 saturated heterocycles. The highest BCUT2D eigenvalue weighted by Crippen LogP contribution is 2.40. The van der Waals surface area contributed by atoms with Crippen LogP contribution in [0.5, 0.6) is 0 Å². The number of halogens is 2. The van der Waals surface area contributed by atoms with E-state index >= 15 is 0 Å². The number of piperidine rings is 1. The van der Waals surface area contributed by atoms with E-state index in [0.717, 1.165) is 51.5 Å². The van der Waals surface area contributed by atoms with Crippen LogP contribution in [-0.4, -0.2) is 72.5 Å². The summed E-state index contributed by atoms with van der Waals surface area (Å²) in [6, 6.07) is 12.2. The highest BCUT2D eigenvalue weighted by Gasteiger charge is 2.40. The summed E-state index contributed by atoms with van der Waals surface area (Å²) in [5, 5.41) is 0.327.